The van der Waals surface area contributed by atoms with E-state index < -0.39 is 0 Å². The molecule has 1 aliphatic carbocycles. The van der Waals surface area contributed by atoms with Gasteiger partial charge in [0.15, 0.2) is 0 Å². The molecule has 0 atom stereocenters. The standard InChI is InChI=1S/C25H26ClN3O3/c26-24-15-22(6-3-19(24)16-27)32-23-13-20(14-23)28-25(31)18-1-4-21(5-2-18)29-10-7-17(8-11-29)9-12-30/h1-6,12,15,17,20,23H,7-11,13-14H2,(H,28,31). The number of ether oxygens (including phenoxy) is 1. The lowest BCUT2D eigenvalue weighted by Crippen LogP contribution is -2.49. The van der Waals surface area contributed by atoms with Crippen LogP contribution < -0.4 is 15.0 Å². The van der Waals surface area contributed by atoms with Crippen LogP contribution in [-0.4, -0.2) is 37.4 Å². The van der Waals surface area contributed by atoms with E-state index in [4.69, 9.17) is 21.6 Å². The number of anilines is 1. The summed E-state index contributed by atoms with van der Waals surface area (Å²) < 4.78 is 5.88. The molecule has 0 spiro atoms. The Kier molecular flexibility index (Phi) is 6.96. The Morgan fingerprint density at radius 1 is 1.19 bits per heavy atom. The summed E-state index contributed by atoms with van der Waals surface area (Å²) in [6.45, 7) is 1.88. The molecule has 2 fully saturated rings. The SMILES string of the molecule is N#Cc1ccc(OC2CC(NC(=O)c3ccc(N4CCC(CC=O)CC4)cc3)C2)cc1Cl. The van der Waals surface area contributed by atoms with Crippen molar-refractivity contribution in [2.45, 2.75) is 44.2 Å². The monoisotopic (exact) mass is 451 g/mol. The molecule has 1 saturated heterocycles. The van der Waals surface area contributed by atoms with Crippen LogP contribution in [0.15, 0.2) is 42.5 Å². The van der Waals surface area contributed by atoms with E-state index in [1.165, 1.54) is 0 Å². The van der Waals surface area contributed by atoms with Crippen LogP contribution in [0.5, 0.6) is 5.75 Å². The van der Waals surface area contributed by atoms with Crippen LogP contribution in [0.2, 0.25) is 5.02 Å². The van der Waals surface area contributed by atoms with Gasteiger partial charge in [-0.1, -0.05) is 11.6 Å². The number of benzene rings is 2. The maximum atomic E-state index is 12.6. The van der Waals surface area contributed by atoms with Gasteiger partial charge in [-0.15, -0.1) is 0 Å². The Labute approximate surface area is 193 Å². The average Bonchev–Trinajstić information content (AvgIpc) is 2.78. The fraction of sp³-hybridized carbons (Fsp3) is 0.400. The first-order valence-corrected chi connectivity index (χ1v) is 11.4. The summed E-state index contributed by atoms with van der Waals surface area (Å²) in [5, 5.41) is 12.4. The fourth-order valence-electron chi connectivity index (χ4n) is 4.29. The third-order valence-corrected chi connectivity index (χ3v) is 6.65. The summed E-state index contributed by atoms with van der Waals surface area (Å²) in [7, 11) is 0. The molecule has 1 aliphatic heterocycles. The van der Waals surface area contributed by atoms with Crippen molar-refractivity contribution >= 4 is 29.5 Å². The molecule has 0 bridgehead atoms. The van der Waals surface area contributed by atoms with Crippen LogP contribution in [0.25, 0.3) is 0 Å². The van der Waals surface area contributed by atoms with Gasteiger partial charge in [0.05, 0.1) is 10.6 Å². The number of carbonyl (C=O) groups is 2. The summed E-state index contributed by atoms with van der Waals surface area (Å²) in [5.41, 5.74) is 2.18. The van der Waals surface area contributed by atoms with Crippen molar-refractivity contribution in [1.82, 2.24) is 5.32 Å². The summed E-state index contributed by atoms with van der Waals surface area (Å²) in [6, 6.07) is 14.9. The molecule has 2 aromatic rings. The predicted molar refractivity (Wildman–Crippen MR) is 123 cm³/mol. The number of nitrogens with zero attached hydrogens (tertiary/aromatic N) is 2. The smallest absolute Gasteiger partial charge is 0.251 e. The van der Waals surface area contributed by atoms with Gasteiger partial charge in [-0.25, -0.2) is 0 Å². The summed E-state index contributed by atoms with van der Waals surface area (Å²) in [4.78, 5) is 25.6. The van der Waals surface area contributed by atoms with E-state index >= 15 is 0 Å². The molecule has 6 nitrogen and oxygen atoms in total. The summed E-state index contributed by atoms with van der Waals surface area (Å²) >= 11 is 6.04. The minimum absolute atomic E-state index is 0.0221. The van der Waals surface area contributed by atoms with Gasteiger partial charge < -0.3 is 19.7 Å². The lowest BCUT2D eigenvalue weighted by atomic mass is 9.89. The van der Waals surface area contributed by atoms with Gasteiger partial charge >= 0.3 is 0 Å². The maximum absolute atomic E-state index is 12.6. The number of aldehydes is 1. The summed E-state index contributed by atoms with van der Waals surface area (Å²) in [6.07, 6.45) is 5.22. The van der Waals surface area contributed by atoms with Gasteiger partial charge in [0.2, 0.25) is 0 Å². The molecule has 166 valence electrons. The van der Waals surface area contributed by atoms with E-state index in [0.29, 0.717) is 34.2 Å². The Morgan fingerprint density at radius 3 is 2.53 bits per heavy atom. The molecule has 4 rings (SSSR count). The zero-order valence-corrected chi connectivity index (χ0v) is 18.6. The van der Waals surface area contributed by atoms with Crippen molar-refractivity contribution in [1.29, 1.82) is 5.26 Å². The molecular weight excluding hydrogens is 426 g/mol. The Bertz CT molecular complexity index is 1000. The molecule has 7 heteroatoms. The second kappa shape index (κ2) is 10.1. The van der Waals surface area contributed by atoms with E-state index in [9.17, 15) is 9.59 Å². The van der Waals surface area contributed by atoms with Crippen molar-refractivity contribution in [2.75, 3.05) is 18.0 Å². The van der Waals surface area contributed by atoms with Gasteiger partial charge in [0, 0.05) is 55.7 Å². The first-order valence-electron chi connectivity index (χ1n) is 11.0. The number of halogens is 1. The molecule has 0 unspecified atom stereocenters. The Morgan fingerprint density at radius 2 is 1.91 bits per heavy atom. The van der Waals surface area contributed by atoms with Crippen LogP contribution >= 0.6 is 11.6 Å². The molecule has 0 aromatic heterocycles. The number of hydrogen-bond acceptors (Lipinski definition) is 5. The molecule has 1 saturated carbocycles. The van der Waals surface area contributed by atoms with E-state index in [1.54, 1.807) is 18.2 Å². The number of rotatable bonds is 7. The average molecular weight is 452 g/mol. The number of piperidine rings is 1. The van der Waals surface area contributed by atoms with Crippen LogP contribution in [0, 0.1) is 17.2 Å². The number of nitriles is 1. The van der Waals surface area contributed by atoms with Crippen LogP contribution in [0.4, 0.5) is 5.69 Å². The number of carbonyl (C=O) groups excluding carboxylic acids is 2. The molecular formula is C25H26ClN3O3. The highest BCUT2D eigenvalue weighted by Gasteiger charge is 2.32. The Hall–Kier alpha value is -3.04. The van der Waals surface area contributed by atoms with Crippen LogP contribution in [0.1, 0.15) is 48.0 Å². The lowest BCUT2D eigenvalue weighted by Gasteiger charge is -2.36. The molecule has 0 radical (unpaired) electrons. The predicted octanol–water partition coefficient (Wildman–Crippen LogP) is 4.36. The highest BCUT2D eigenvalue weighted by atomic mass is 35.5. The fourth-order valence-corrected chi connectivity index (χ4v) is 4.50. The third kappa shape index (κ3) is 5.23. The van der Waals surface area contributed by atoms with Crippen LogP contribution in [-0.2, 0) is 4.79 Å². The molecule has 2 aliphatic rings. The van der Waals surface area contributed by atoms with Crippen molar-refractivity contribution in [3.05, 3.63) is 58.6 Å². The van der Waals surface area contributed by atoms with Crippen LogP contribution in [0.3, 0.4) is 0 Å². The molecule has 1 N–H and O–H groups in total. The normalized spacial score (nSPS) is 20.7. The second-order valence-electron chi connectivity index (χ2n) is 8.51. The van der Waals surface area contributed by atoms with Gasteiger partial charge in [0.25, 0.3) is 5.91 Å². The van der Waals surface area contributed by atoms with Gasteiger partial charge in [-0.05, 0) is 55.2 Å². The zero-order chi connectivity index (χ0) is 22.5. The first-order chi connectivity index (χ1) is 15.6. The van der Waals surface area contributed by atoms with Crippen molar-refractivity contribution < 1.29 is 14.3 Å². The largest absolute Gasteiger partial charge is 0.490 e. The second-order valence-corrected chi connectivity index (χ2v) is 8.92. The zero-order valence-electron chi connectivity index (χ0n) is 17.8. The van der Waals surface area contributed by atoms with Crippen molar-refractivity contribution in [3.63, 3.8) is 0 Å². The molecule has 2 aromatic carbocycles. The molecule has 32 heavy (non-hydrogen) atoms. The first kappa shape index (κ1) is 22.2. The van der Waals surface area contributed by atoms with Crippen molar-refractivity contribution in [2.24, 2.45) is 5.92 Å². The number of nitrogens with one attached hydrogen (secondary N) is 1. The van der Waals surface area contributed by atoms with Gasteiger partial charge in [-0.3, -0.25) is 4.79 Å². The third-order valence-electron chi connectivity index (χ3n) is 6.33. The maximum Gasteiger partial charge on any atom is 0.251 e. The van der Waals surface area contributed by atoms with Gasteiger partial charge in [0.1, 0.15) is 24.2 Å². The molecule has 1 heterocycles. The highest BCUT2D eigenvalue weighted by molar-refractivity contribution is 6.31. The van der Waals surface area contributed by atoms with E-state index in [2.05, 4.69) is 10.2 Å². The van der Waals surface area contributed by atoms with E-state index in [-0.39, 0.29) is 18.1 Å². The highest BCUT2D eigenvalue weighted by Crippen LogP contribution is 2.29. The lowest BCUT2D eigenvalue weighted by molar-refractivity contribution is -0.108. The van der Waals surface area contributed by atoms with E-state index in [0.717, 1.165) is 50.7 Å². The minimum atomic E-state index is -0.0777. The van der Waals surface area contributed by atoms with Crippen molar-refractivity contribution in [3.8, 4) is 11.8 Å². The Balaban J connectivity index is 1.23. The number of amides is 1. The number of hydrogen-bond donors (Lipinski definition) is 1. The minimum Gasteiger partial charge on any atom is -0.490 e. The molecule has 1 amide bonds. The van der Waals surface area contributed by atoms with E-state index in [1.807, 2.05) is 30.3 Å². The topological polar surface area (TPSA) is 82.4 Å². The quantitative estimate of drug-likeness (QED) is 0.632. The summed E-state index contributed by atoms with van der Waals surface area (Å²) in [5.74, 6) is 1.05. The van der Waals surface area contributed by atoms with Gasteiger partial charge in [-0.2, -0.15) is 5.26 Å².